The normalized spacial score (nSPS) is 10.2. The Balaban J connectivity index is 2.32. The van der Waals surface area contributed by atoms with Crippen LogP contribution in [0.25, 0.3) is 0 Å². The number of phenols is 1. The molecule has 0 aliphatic carbocycles. The molecule has 0 aromatic heterocycles. The van der Waals surface area contributed by atoms with Crippen molar-refractivity contribution in [3.8, 4) is 11.5 Å². The molecule has 1 amide bonds. The minimum atomic E-state index is -0.386. The maximum absolute atomic E-state index is 12.2. The van der Waals surface area contributed by atoms with Gasteiger partial charge in [0.05, 0.1) is 18.4 Å². The van der Waals surface area contributed by atoms with Gasteiger partial charge in [0.2, 0.25) is 0 Å². The van der Waals surface area contributed by atoms with Crippen LogP contribution in [0.2, 0.25) is 0 Å². The van der Waals surface area contributed by atoms with Crippen molar-refractivity contribution < 1.29 is 14.6 Å². The van der Waals surface area contributed by atoms with Gasteiger partial charge in [-0.15, -0.1) is 0 Å². The van der Waals surface area contributed by atoms with Gasteiger partial charge in [-0.05, 0) is 37.3 Å². The van der Waals surface area contributed by atoms with Gasteiger partial charge in [-0.1, -0.05) is 27.6 Å². The Morgan fingerprint density at radius 2 is 2.00 bits per heavy atom. The molecule has 2 rings (SSSR count). The summed E-state index contributed by atoms with van der Waals surface area (Å²) in [5.41, 5.74) is 1.66. The van der Waals surface area contributed by atoms with E-state index in [-0.39, 0.29) is 17.2 Å². The van der Waals surface area contributed by atoms with Crippen LogP contribution in [0, 0.1) is 6.92 Å². The van der Waals surface area contributed by atoms with Crippen LogP contribution in [0.4, 0.5) is 5.69 Å². The fourth-order valence-electron chi connectivity index (χ4n) is 1.80. The molecule has 0 heterocycles. The van der Waals surface area contributed by atoms with E-state index in [0.717, 1.165) is 10.0 Å². The Hall–Kier alpha value is -2.01. The predicted octanol–water partition coefficient (Wildman–Crippen LogP) is 3.72. The third-order valence-corrected chi connectivity index (χ3v) is 3.30. The van der Waals surface area contributed by atoms with Crippen molar-refractivity contribution >= 4 is 27.5 Å². The number of aromatic hydroxyl groups is 1. The molecule has 2 aromatic carbocycles. The quantitative estimate of drug-likeness (QED) is 0.898. The Bertz CT molecular complexity index is 656. The fourth-order valence-corrected chi connectivity index (χ4v) is 2.16. The van der Waals surface area contributed by atoms with Crippen LogP contribution in [0.5, 0.6) is 11.5 Å². The highest BCUT2D eigenvalue weighted by Gasteiger charge is 2.14. The molecule has 0 aliphatic heterocycles. The third kappa shape index (κ3) is 3.11. The number of hydrogen-bond donors (Lipinski definition) is 2. The van der Waals surface area contributed by atoms with Gasteiger partial charge in [-0.3, -0.25) is 4.79 Å². The molecule has 4 nitrogen and oxygen atoms in total. The summed E-state index contributed by atoms with van der Waals surface area (Å²) in [6, 6.07) is 10.2. The van der Waals surface area contributed by atoms with Crippen molar-refractivity contribution in [2.45, 2.75) is 6.92 Å². The number of phenolic OH excluding ortho intramolecular Hbond substituents is 1. The molecule has 20 heavy (non-hydrogen) atoms. The Morgan fingerprint density at radius 3 is 2.70 bits per heavy atom. The van der Waals surface area contributed by atoms with Gasteiger partial charge in [-0.2, -0.15) is 0 Å². The van der Waals surface area contributed by atoms with E-state index in [4.69, 9.17) is 4.74 Å². The van der Waals surface area contributed by atoms with Crippen LogP contribution < -0.4 is 10.1 Å². The van der Waals surface area contributed by atoms with Gasteiger partial charge < -0.3 is 15.2 Å². The van der Waals surface area contributed by atoms with E-state index in [2.05, 4.69) is 21.2 Å². The van der Waals surface area contributed by atoms with Crippen molar-refractivity contribution in [1.29, 1.82) is 0 Å². The van der Waals surface area contributed by atoms with Crippen molar-refractivity contribution in [3.63, 3.8) is 0 Å². The highest BCUT2D eigenvalue weighted by Crippen LogP contribution is 2.29. The van der Waals surface area contributed by atoms with E-state index in [1.165, 1.54) is 13.2 Å². The van der Waals surface area contributed by atoms with Gasteiger partial charge in [0.25, 0.3) is 5.91 Å². The number of carbonyl (C=O) groups excluding carboxylic acids is 1. The summed E-state index contributed by atoms with van der Waals surface area (Å²) in [6.45, 7) is 1.86. The Labute approximate surface area is 125 Å². The molecule has 0 bridgehead atoms. The molecular formula is C15H14BrNO3. The first-order valence-electron chi connectivity index (χ1n) is 5.96. The van der Waals surface area contributed by atoms with E-state index in [9.17, 15) is 9.90 Å². The second-order valence-corrected chi connectivity index (χ2v) is 5.24. The molecule has 0 radical (unpaired) electrons. The van der Waals surface area contributed by atoms with Crippen LogP contribution in [0.1, 0.15) is 15.9 Å². The van der Waals surface area contributed by atoms with E-state index >= 15 is 0 Å². The summed E-state index contributed by atoms with van der Waals surface area (Å²) in [7, 11) is 1.53. The van der Waals surface area contributed by atoms with Crippen molar-refractivity contribution in [2.24, 2.45) is 0 Å². The summed E-state index contributed by atoms with van der Waals surface area (Å²) in [5, 5.41) is 12.5. The number of carbonyl (C=O) groups is 1. The second-order valence-electron chi connectivity index (χ2n) is 4.32. The maximum atomic E-state index is 12.2. The van der Waals surface area contributed by atoms with Crippen molar-refractivity contribution in [1.82, 2.24) is 0 Å². The highest BCUT2D eigenvalue weighted by atomic mass is 79.9. The number of methoxy groups -OCH3 is 1. The zero-order valence-electron chi connectivity index (χ0n) is 11.1. The molecule has 2 aromatic rings. The fraction of sp³-hybridized carbons (Fsp3) is 0.133. The SMILES string of the molecule is COc1ccc(Br)cc1NC(=O)c1cc(C)ccc1O. The Kier molecular flexibility index (Phi) is 4.29. The number of halogens is 1. The standard InChI is InChI=1S/C15H14BrNO3/c1-9-3-5-13(18)11(7-9)15(19)17-12-8-10(16)4-6-14(12)20-2/h3-8,18H,1-2H3,(H,17,19). The van der Waals surface area contributed by atoms with E-state index in [0.29, 0.717) is 11.4 Å². The van der Waals surface area contributed by atoms with Crippen molar-refractivity contribution in [3.05, 3.63) is 52.0 Å². The minimum absolute atomic E-state index is 0.0536. The largest absolute Gasteiger partial charge is 0.507 e. The summed E-state index contributed by atoms with van der Waals surface area (Å²) < 4.78 is 6.01. The number of nitrogens with one attached hydrogen (secondary N) is 1. The first kappa shape index (κ1) is 14.4. The average molecular weight is 336 g/mol. The smallest absolute Gasteiger partial charge is 0.259 e. The third-order valence-electron chi connectivity index (χ3n) is 2.81. The first-order valence-corrected chi connectivity index (χ1v) is 6.75. The highest BCUT2D eigenvalue weighted by molar-refractivity contribution is 9.10. The summed E-state index contributed by atoms with van der Waals surface area (Å²) in [5.74, 6) is 0.110. The topological polar surface area (TPSA) is 58.6 Å². The van der Waals surface area contributed by atoms with Crippen LogP contribution in [-0.2, 0) is 0 Å². The predicted molar refractivity (Wildman–Crippen MR) is 81.5 cm³/mol. The van der Waals surface area contributed by atoms with Crippen LogP contribution >= 0.6 is 15.9 Å². The number of amides is 1. The van der Waals surface area contributed by atoms with Gasteiger partial charge in [0.15, 0.2) is 0 Å². The number of hydrogen-bond acceptors (Lipinski definition) is 3. The van der Waals surface area contributed by atoms with Gasteiger partial charge in [0.1, 0.15) is 11.5 Å². The molecular weight excluding hydrogens is 322 g/mol. The van der Waals surface area contributed by atoms with Gasteiger partial charge in [0, 0.05) is 4.47 Å². The van der Waals surface area contributed by atoms with E-state index < -0.39 is 0 Å². The number of rotatable bonds is 3. The lowest BCUT2D eigenvalue weighted by Crippen LogP contribution is -2.13. The lowest BCUT2D eigenvalue weighted by molar-refractivity contribution is 0.102. The molecule has 0 saturated heterocycles. The molecule has 0 atom stereocenters. The zero-order valence-corrected chi connectivity index (χ0v) is 12.7. The molecule has 0 spiro atoms. The van der Waals surface area contributed by atoms with Gasteiger partial charge in [-0.25, -0.2) is 0 Å². The summed E-state index contributed by atoms with van der Waals surface area (Å²) >= 11 is 3.34. The first-order chi connectivity index (χ1) is 9.51. The number of ether oxygens (including phenoxy) is 1. The maximum Gasteiger partial charge on any atom is 0.259 e. The van der Waals surface area contributed by atoms with Crippen molar-refractivity contribution in [2.75, 3.05) is 12.4 Å². The number of anilines is 1. The van der Waals surface area contributed by atoms with E-state index in [1.807, 2.05) is 13.0 Å². The monoisotopic (exact) mass is 335 g/mol. The van der Waals surface area contributed by atoms with Crippen LogP contribution in [0.3, 0.4) is 0 Å². The Morgan fingerprint density at radius 1 is 1.25 bits per heavy atom. The van der Waals surface area contributed by atoms with E-state index in [1.54, 1.807) is 24.3 Å². The average Bonchev–Trinajstić information content (AvgIpc) is 2.41. The molecule has 104 valence electrons. The molecule has 2 N–H and O–H groups in total. The lowest BCUT2D eigenvalue weighted by Gasteiger charge is -2.11. The van der Waals surface area contributed by atoms with Crippen LogP contribution in [-0.4, -0.2) is 18.1 Å². The minimum Gasteiger partial charge on any atom is -0.507 e. The molecule has 0 unspecified atom stereocenters. The van der Waals surface area contributed by atoms with Gasteiger partial charge >= 0.3 is 0 Å². The molecule has 0 aliphatic rings. The second kappa shape index (κ2) is 5.96. The number of aryl methyl sites for hydroxylation is 1. The number of benzene rings is 2. The summed E-state index contributed by atoms with van der Waals surface area (Å²) in [4.78, 5) is 12.2. The van der Waals surface area contributed by atoms with Crippen LogP contribution in [0.15, 0.2) is 40.9 Å². The zero-order chi connectivity index (χ0) is 14.7. The molecule has 5 heteroatoms. The molecule has 0 saturated carbocycles. The summed E-state index contributed by atoms with van der Waals surface area (Å²) in [6.07, 6.45) is 0. The lowest BCUT2D eigenvalue weighted by atomic mass is 10.1. The molecule has 0 fully saturated rings.